The van der Waals surface area contributed by atoms with E-state index in [0.717, 1.165) is 35.1 Å². The van der Waals surface area contributed by atoms with Crippen LogP contribution in [-0.4, -0.2) is 28.0 Å². The Morgan fingerprint density at radius 3 is 2.28 bits per heavy atom. The molecule has 0 aliphatic carbocycles. The number of nitrogens with zero attached hydrogens (tertiary/aromatic N) is 4. The van der Waals surface area contributed by atoms with Gasteiger partial charge in [0.1, 0.15) is 10.6 Å². The lowest BCUT2D eigenvalue weighted by atomic mass is 10.0. The molecule has 0 amide bonds. The minimum atomic E-state index is 0.792. The molecule has 4 aromatic rings. The van der Waals surface area contributed by atoms with E-state index in [4.69, 9.17) is 9.97 Å². The summed E-state index contributed by atoms with van der Waals surface area (Å²) < 4.78 is 0. The van der Waals surface area contributed by atoms with Gasteiger partial charge in [0, 0.05) is 41.5 Å². The van der Waals surface area contributed by atoms with Gasteiger partial charge in [-0.05, 0) is 37.5 Å². The smallest absolute Gasteiger partial charge is 0.163 e. The zero-order valence-electron chi connectivity index (χ0n) is 16.6. The third-order valence-corrected chi connectivity index (χ3v) is 6.61. The SMILES string of the molecule is Cc1sc2nc(-c3ccncc3)nc(N3CCCCCC3)c2c1-c1ccccc1. The van der Waals surface area contributed by atoms with Gasteiger partial charge in [-0.15, -0.1) is 11.3 Å². The number of anilines is 1. The van der Waals surface area contributed by atoms with Crippen LogP contribution in [-0.2, 0) is 0 Å². The quantitative estimate of drug-likeness (QED) is 0.416. The van der Waals surface area contributed by atoms with Crippen LogP contribution in [0.1, 0.15) is 30.6 Å². The zero-order chi connectivity index (χ0) is 19.6. The summed E-state index contributed by atoms with van der Waals surface area (Å²) in [5.74, 6) is 1.88. The molecule has 1 aromatic carbocycles. The fourth-order valence-electron chi connectivity index (χ4n) is 4.19. The number of aryl methyl sites for hydroxylation is 1. The molecule has 1 aliphatic heterocycles. The summed E-state index contributed by atoms with van der Waals surface area (Å²) in [5.41, 5.74) is 3.55. The Balaban J connectivity index is 1.77. The molecular weight excluding hydrogens is 376 g/mol. The van der Waals surface area contributed by atoms with Crippen LogP contribution in [0, 0.1) is 6.92 Å². The number of pyridine rings is 1. The highest BCUT2D eigenvalue weighted by molar-refractivity contribution is 7.19. The molecular formula is C24H24N4S. The molecule has 4 nitrogen and oxygen atoms in total. The minimum absolute atomic E-state index is 0.792. The van der Waals surface area contributed by atoms with Gasteiger partial charge in [0.2, 0.25) is 0 Å². The van der Waals surface area contributed by atoms with Gasteiger partial charge >= 0.3 is 0 Å². The summed E-state index contributed by atoms with van der Waals surface area (Å²) in [6.07, 6.45) is 8.67. The average Bonchev–Trinajstić information content (AvgIpc) is 2.93. The summed E-state index contributed by atoms with van der Waals surface area (Å²) in [4.78, 5) is 19.1. The van der Waals surface area contributed by atoms with E-state index >= 15 is 0 Å². The third kappa shape index (κ3) is 3.51. The van der Waals surface area contributed by atoms with E-state index in [-0.39, 0.29) is 0 Å². The molecule has 0 radical (unpaired) electrons. The van der Waals surface area contributed by atoms with Gasteiger partial charge in [-0.1, -0.05) is 43.2 Å². The van der Waals surface area contributed by atoms with Crippen molar-refractivity contribution >= 4 is 27.4 Å². The number of rotatable bonds is 3. The van der Waals surface area contributed by atoms with E-state index in [2.05, 4.69) is 47.1 Å². The Labute approximate surface area is 175 Å². The summed E-state index contributed by atoms with van der Waals surface area (Å²) in [6, 6.07) is 14.7. The van der Waals surface area contributed by atoms with E-state index < -0.39 is 0 Å². The first kappa shape index (κ1) is 18.3. The molecule has 0 N–H and O–H groups in total. The van der Waals surface area contributed by atoms with Crippen molar-refractivity contribution in [1.29, 1.82) is 0 Å². The molecule has 5 rings (SSSR count). The average molecular weight is 401 g/mol. The lowest BCUT2D eigenvalue weighted by Gasteiger charge is -2.23. The molecule has 29 heavy (non-hydrogen) atoms. The number of hydrogen-bond acceptors (Lipinski definition) is 5. The van der Waals surface area contributed by atoms with Crippen molar-refractivity contribution in [3.63, 3.8) is 0 Å². The number of benzene rings is 1. The highest BCUT2D eigenvalue weighted by Gasteiger charge is 2.23. The molecule has 0 saturated carbocycles. The highest BCUT2D eigenvalue weighted by Crippen LogP contribution is 2.43. The Morgan fingerprint density at radius 1 is 0.828 bits per heavy atom. The maximum Gasteiger partial charge on any atom is 0.163 e. The summed E-state index contributed by atoms with van der Waals surface area (Å²) >= 11 is 1.77. The molecule has 1 fully saturated rings. The fourth-order valence-corrected chi connectivity index (χ4v) is 5.23. The molecule has 1 aliphatic rings. The third-order valence-electron chi connectivity index (χ3n) is 5.62. The van der Waals surface area contributed by atoms with Gasteiger partial charge in [-0.3, -0.25) is 4.98 Å². The Kier molecular flexibility index (Phi) is 4.98. The first-order chi connectivity index (χ1) is 14.3. The molecule has 1 saturated heterocycles. The van der Waals surface area contributed by atoms with Crippen molar-refractivity contribution in [2.75, 3.05) is 18.0 Å². The predicted octanol–water partition coefficient (Wildman–Crippen LogP) is 6.11. The van der Waals surface area contributed by atoms with E-state index in [9.17, 15) is 0 Å². The summed E-state index contributed by atoms with van der Waals surface area (Å²) in [6.45, 7) is 4.32. The van der Waals surface area contributed by atoms with Gasteiger partial charge in [-0.25, -0.2) is 9.97 Å². The van der Waals surface area contributed by atoms with Crippen molar-refractivity contribution in [2.24, 2.45) is 0 Å². The first-order valence-corrected chi connectivity index (χ1v) is 11.1. The van der Waals surface area contributed by atoms with Crippen LogP contribution >= 0.6 is 11.3 Å². The van der Waals surface area contributed by atoms with Crippen LogP contribution in [0.3, 0.4) is 0 Å². The Bertz CT molecular complexity index is 1110. The van der Waals surface area contributed by atoms with Crippen molar-refractivity contribution in [3.05, 3.63) is 59.7 Å². The maximum atomic E-state index is 5.13. The topological polar surface area (TPSA) is 41.9 Å². The maximum absolute atomic E-state index is 5.13. The standard InChI is InChI=1S/C24H24N4S/c1-17-20(18-9-5-4-6-10-18)21-23(28-15-7-2-3-8-16-28)26-22(27-24(21)29-17)19-11-13-25-14-12-19/h4-6,9-14H,2-3,7-8,15-16H2,1H3. The lowest BCUT2D eigenvalue weighted by Crippen LogP contribution is -2.25. The van der Waals surface area contributed by atoms with Gasteiger partial charge in [0.05, 0.1) is 5.39 Å². The Hall–Kier alpha value is -2.79. The second kappa shape index (κ2) is 7.91. The van der Waals surface area contributed by atoms with E-state index in [1.807, 2.05) is 24.5 Å². The van der Waals surface area contributed by atoms with Crippen molar-refractivity contribution in [2.45, 2.75) is 32.6 Å². The molecule has 0 unspecified atom stereocenters. The fraction of sp³-hybridized carbons (Fsp3) is 0.292. The zero-order valence-corrected chi connectivity index (χ0v) is 17.5. The predicted molar refractivity (Wildman–Crippen MR) is 122 cm³/mol. The van der Waals surface area contributed by atoms with Crippen LogP contribution < -0.4 is 4.90 Å². The van der Waals surface area contributed by atoms with Crippen molar-refractivity contribution < 1.29 is 0 Å². The molecule has 0 spiro atoms. The van der Waals surface area contributed by atoms with E-state index in [0.29, 0.717) is 0 Å². The molecule has 4 heterocycles. The molecule has 0 bridgehead atoms. The van der Waals surface area contributed by atoms with Crippen molar-refractivity contribution in [3.8, 4) is 22.5 Å². The van der Waals surface area contributed by atoms with Crippen LogP contribution in [0.5, 0.6) is 0 Å². The Morgan fingerprint density at radius 2 is 1.55 bits per heavy atom. The van der Waals surface area contributed by atoms with Crippen molar-refractivity contribution in [1.82, 2.24) is 15.0 Å². The van der Waals surface area contributed by atoms with Crippen LogP contribution in [0.2, 0.25) is 0 Å². The lowest BCUT2D eigenvalue weighted by molar-refractivity contribution is 0.726. The number of hydrogen-bond donors (Lipinski definition) is 0. The number of aromatic nitrogens is 3. The van der Waals surface area contributed by atoms with Crippen LogP contribution in [0.15, 0.2) is 54.9 Å². The van der Waals surface area contributed by atoms with Crippen LogP contribution in [0.4, 0.5) is 5.82 Å². The molecule has 3 aromatic heterocycles. The monoisotopic (exact) mass is 400 g/mol. The highest BCUT2D eigenvalue weighted by atomic mass is 32.1. The summed E-state index contributed by atoms with van der Waals surface area (Å²) in [5, 5.41) is 1.21. The van der Waals surface area contributed by atoms with Gasteiger partial charge in [0.15, 0.2) is 5.82 Å². The second-order valence-corrected chi connectivity index (χ2v) is 8.79. The van der Waals surface area contributed by atoms with Gasteiger partial charge < -0.3 is 4.90 Å². The first-order valence-electron chi connectivity index (χ1n) is 10.3. The number of thiophene rings is 1. The normalized spacial score (nSPS) is 14.9. The van der Waals surface area contributed by atoms with Crippen LogP contribution in [0.25, 0.3) is 32.7 Å². The molecule has 146 valence electrons. The second-order valence-electron chi connectivity index (χ2n) is 7.59. The van der Waals surface area contributed by atoms with E-state index in [1.165, 1.54) is 47.1 Å². The van der Waals surface area contributed by atoms with E-state index in [1.54, 1.807) is 11.3 Å². The van der Waals surface area contributed by atoms with Gasteiger partial charge in [-0.2, -0.15) is 0 Å². The largest absolute Gasteiger partial charge is 0.356 e. The molecule has 5 heteroatoms. The van der Waals surface area contributed by atoms with Gasteiger partial charge in [0.25, 0.3) is 0 Å². The summed E-state index contributed by atoms with van der Waals surface area (Å²) in [7, 11) is 0. The molecule has 0 atom stereocenters. The minimum Gasteiger partial charge on any atom is -0.356 e. The number of fused-ring (bicyclic) bond motifs is 1.